The van der Waals surface area contributed by atoms with Gasteiger partial charge in [0.1, 0.15) is 0 Å². The van der Waals surface area contributed by atoms with E-state index in [1.54, 1.807) is 6.20 Å². The molecule has 1 aliphatic rings. The Labute approximate surface area is 103 Å². The summed E-state index contributed by atoms with van der Waals surface area (Å²) in [6.07, 6.45) is 10.6. The molecule has 0 radical (unpaired) electrons. The molecule has 1 aliphatic carbocycles. The average Bonchev–Trinajstić information content (AvgIpc) is 2.30. The first-order valence-electron chi connectivity index (χ1n) is 4.95. The Bertz CT molecular complexity index is 433. The van der Waals surface area contributed by atoms with Crippen molar-refractivity contribution in [2.45, 2.75) is 24.7 Å². The Morgan fingerprint density at radius 1 is 1.47 bits per heavy atom. The number of nitrogens with zero attached hydrogens (tertiary/aromatic N) is 2. The number of nitriles is 1. The van der Waals surface area contributed by atoms with Crippen LogP contribution >= 0.6 is 22.6 Å². The zero-order chi connectivity index (χ0) is 10.7. The van der Waals surface area contributed by atoms with E-state index in [1.807, 2.05) is 12.3 Å². The Hall–Kier alpha value is -0.890. The molecule has 0 saturated carbocycles. The van der Waals surface area contributed by atoms with Crippen LogP contribution in [-0.4, -0.2) is 4.98 Å². The monoisotopic (exact) mass is 310 g/mol. The van der Waals surface area contributed by atoms with Gasteiger partial charge in [-0.25, -0.2) is 0 Å². The molecule has 2 rings (SSSR count). The number of allylic oxidation sites excluding steroid dienone is 2. The van der Waals surface area contributed by atoms with E-state index in [0.717, 1.165) is 28.4 Å². The van der Waals surface area contributed by atoms with Crippen molar-refractivity contribution in [3.63, 3.8) is 0 Å². The lowest BCUT2D eigenvalue weighted by Crippen LogP contribution is -2.26. The molecule has 1 atom stereocenters. The molecule has 2 nitrogen and oxygen atoms in total. The predicted octanol–water partition coefficient (Wildman–Crippen LogP) is 3.19. The van der Waals surface area contributed by atoms with Crippen LogP contribution in [0.2, 0.25) is 0 Å². The first kappa shape index (κ1) is 10.6. The van der Waals surface area contributed by atoms with Crippen molar-refractivity contribution in [1.29, 1.82) is 5.26 Å². The quantitative estimate of drug-likeness (QED) is 0.590. The van der Waals surface area contributed by atoms with Gasteiger partial charge in [-0.3, -0.25) is 4.98 Å². The first-order chi connectivity index (χ1) is 7.28. The molecular formula is C12H11IN2. The van der Waals surface area contributed by atoms with Gasteiger partial charge in [0.2, 0.25) is 0 Å². The van der Waals surface area contributed by atoms with Gasteiger partial charge in [-0.15, -0.1) is 0 Å². The van der Waals surface area contributed by atoms with Gasteiger partial charge in [-0.05, 0) is 53.5 Å². The van der Waals surface area contributed by atoms with Crippen molar-refractivity contribution in [1.82, 2.24) is 4.98 Å². The summed E-state index contributed by atoms with van der Waals surface area (Å²) in [6.45, 7) is 0. The molecule has 1 unspecified atom stereocenters. The fourth-order valence-electron chi connectivity index (χ4n) is 2.00. The molecule has 1 aromatic rings. The standard InChI is InChI=1S/C12H11IN2/c13-11-8-15-7-4-10(11)12(9-14)5-2-1-3-6-12/h1-2,4,7-8H,3,5-6H2. The minimum Gasteiger partial charge on any atom is -0.264 e. The topological polar surface area (TPSA) is 36.7 Å². The maximum Gasteiger partial charge on any atom is 0.0870 e. The minimum absolute atomic E-state index is 0.325. The third-order valence-corrected chi connectivity index (χ3v) is 3.73. The second-order valence-corrected chi connectivity index (χ2v) is 4.93. The number of rotatable bonds is 1. The highest BCUT2D eigenvalue weighted by atomic mass is 127. The maximum absolute atomic E-state index is 9.41. The lowest BCUT2D eigenvalue weighted by atomic mass is 9.73. The van der Waals surface area contributed by atoms with Crippen LogP contribution < -0.4 is 0 Å². The SMILES string of the molecule is N#CC1(c2ccncc2I)CC=CCC1. The zero-order valence-electron chi connectivity index (χ0n) is 8.28. The average molecular weight is 310 g/mol. The fraction of sp³-hybridized carbons (Fsp3) is 0.333. The molecule has 0 spiro atoms. The van der Waals surface area contributed by atoms with E-state index in [4.69, 9.17) is 0 Å². The summed E-state index contributed by atoms with van der Waals surface area (Å²) >= 11 is 2.26. The van der Waals surface area contributed by atoms with Crippen molar-refractivity contribution in [3.8, 4) is 6.07 Å². The number of hydrogen-bond donors (Lipinski definition) is 0. The van der Waals surface area contributed by atoms with Crippen LogP contribution in [0.3, 0.4) is 0 Å². The van der Waals surface area contributed by atoms with Crippen LogP contribution in [0.15, 0.2) is 30.6 Å². The number of halogens is 1. The normalized spacial score (nSPS) is 24.8. The molecule has 15 heavy (non-hydrogen) atoms. The molecule has 0 aliphatic heterocycles. The van der Waals surface area contributed by atoms with Crippen LogP contribution in [0.1, 0.15) is 24.8 Å². The molecule has 0 aromatic carbocycles. The fourth-order valence-corrected chi connectivity index (χ4v) is 2.86. The summed E-state index contributed by atoms with van der Waals surface area (Å²) in [5.74, 6) is 0. The Morgan fingerprint density at radius 3 is 2.93 bits per heavy atom. The van der Waals surface area contributed by atoms with E-state index in [2.05, 4.69) is 45.8 Å². The van der Waals surface area contributed by atoms with Gasteiger partial charge in [0.15, 0.2) is 0 Å². The third kappa shape index (κ3) is 1.91. The summed E-state index contributed by atoms with van der Waals surface area (Å²) in [7, 11) is 0. The van der Waals surface area contributed by atoms with Gasteiger partial charge in [0.25, 0.3) is 0 Å². The molecule has 0 saturated heterocycles. The van der Waals surface area contributed by atoms with E-state index in [-0.39, 0.29) is 5.41 Å². The van der Waals surface area contributed by atoms with E-state index in [9.17, 15) is 5.26 Å². The molecule has 0 bridgehead atoms. The second-order valence-electron chi connectivity index (χ2n) is 3.76. The zero-order valence-corrected chi connectivity index (χ0v) is 10.4. The molecule has 76 valence electrons. The van der Waals surface area contributed by atoms with E-state index in [1.165, 1.54) is 0 Å². The van der Waals surface area contributed by atoms with Gasteiger partial charge in [0, 0.05) is 16.0 Å². The Morgan fingerprint density at radius 2 is 2.33 bits per heavy atom. The van der Waals surface area contributed by atoms with Crippen LogP contribution in [0, 0.1) is 14.9 Å². The molecular weight excluding hydrogens is 299 g/mol. The summed E-state index contributed by atoms with van der Waals surface area (Å²) in [5.41, 5.74) is 0.804. The largest absolute Gasteiger partial charge is 0.264 e. The molecule has 3 heteroatoms. The van der Waals surface area contributed by atoms with Crippen molar-refractivity contribution < 1.29 is 0 Å². The number of pyridine rings is 1. The summed E-state index contributed by atoms with van der Waals surface area (Å²) in [6, 6.07) is 4.47. The van der Waals surface area contributed by atoms with Gasteiger partial charge < -0.3 is 0 Å². The highest BCUT2D eigenvalue weighted by Gasteiger charge is 2.33. The first-order valence-corrected chi connectivity index (χ1v) is 6.03. The van der Waals surface area contributed by atoms with E-state index < -0.39 is 0 Å². The van der Waals surface area contributed by atoms with Gasteiger partial charge >= 0.3 is 0 Å². The van der Waals surface area contributed by atoms with Crippen LogP contribution in [-0.2, 0) is 5.41 Å². The smallest absolute Gasteiger partial charge is 0.0870 e. The van der Waals surface area contributed by atoms with Crippen molar-refractivity contribution in [2.24, 2.45) is 0 Å². The molecule has 1 heterocycles. The lowest BCUT2D eigenvalue weighted by molar-refractivity contribution is 0.493. The summed E-state index contributed by atoms with van der Waals surface area (Å²) in [5, 5.41) is 9.41. The molecule has 0 fully saturated rings. The number of hydrogen-bond acceptors (Lipinski definition) is 2. The predicted molar refractivity (Wildman–Crippen MR) is 67.2 cm³/mol. The maximum atomic E-state index is 9.41. The second kappa shape index (κ2) is 4.31. The van der Waals surface area contributed by atoms with Crippen molar-refractivity contribution >= 4 is 22.6 Å². The summed E-state index contributed by atoms with van der Waals surface area (Å²) in [4.78, 5) is 4.07. The lowest BCUT2D eigenvalue weighted by Gasteiger charge is -2.28. The van der Waals surface area contributed by atoms with Crippen molar-refractivity contribution in [3.05, 3.63) is 39.7 Å². The van der Waals surface area contributed by atoms with E-state index >= 15 is 0 Å². The number of aromatic nitrogens is 1. The van der Waals surface area contributed by atoms with Gasteiger partial charge in [0.05, 0.1) is 11.5 Å². The van der Waals surface area contributed by atoms with E-state index in [0.29, 0.717) is 0 Å². The highest BCUT2D eigenvalue weighted by Crippen LogP contribution is 2.37. The molecule has 1 aromatic heterocycles. The third-order valence-electron chi connectivity index (χ3n) is 2.87. The Balaban J connectivity index is 2.48. The van der Waals surface area contributed by atoms with Crippen LogP contribution in [0.5, 0.6) is 0 Å². The minimum atomic E-state index is -0.325. The van der Waals surface area contributed by atoms with Crippen molar-refractivity contribution in [2.75, 3.05) is 0 Å². The van der Waals surface area contributed by atoms with Crippen LogP contribution in [0.4, 0.5) is 0 Å². The van der Waals surface area contributed by atoms with Crippen LogP contribution in [0.25, 0.3) is 0 Å². The Kier molecular flexibility index (Phi) is 3.06. The summed E-state index contributed by atoms with van der Waals surface area (Å²) < 4.78 is 1.09. The van der Waals surface area contributed by atoms with Gasteiger partial charge in [-0.2, -0.15) is 5.26 Å². The molecule has 0 amide bonds. The van der Waals surface area contributed by atoms with Gasteiger partial charge in [-0.1, -0.05) is 12.2 Å². The highest BCUT2D eigenvalue weighted by molar-refractivity contribution is 14.1. The molecule has 0 N–H and O–H groups in total.